The van der Waals surface area contributed by atoms with Crippen LogP contribution in [-0.4, -0.2) is 36.2 Å². The van der Waals surface area contributed by atoms with E-state index in [-0.39, 0.29) is 24.2 Å². The third-order valence-corrected chi connectivity index (χ3v) is 5.67. The first kappa shape index (κ1) is 23.0. The molecule has 4 rings (SSSR count). The van der Waals surface area contributed by atoms with Gasteiger partial charge in [0, 0.05) is 23.3 Å². The third kappa shape index (κ3) is 5.99. The molecule has 0 unspecified atom stereocenters. The highest BCUT2D eigenvalue weighted by Crippen LogP contribution is 2.19. The monoisotopic (exact) mass is 477 g/mol. The van der Waals surface area contributed by atoms with Gasteiger partial charge in [-0.2, -0.15) is 0 Å². The summed E-state index contributed by atoms with van der Waals surface area (Å²) in [5.74, 6) is -0.288. The van der Waals surface area contributed by atoms with Crippen molar-refractivity contribution < 1.29 is 18.0 Å². The fourth-order valence-electron chi connectivity index (χ4n) is 3.44. The number of hydrogen-bond donors (Lipinski definition) is 3. The second kappa shape index (κ2) is 9.75. The first-order valence-electron chi connectivity index (χ1n) is 10.4. The Morgan fingerprint density at radius 2 is 1.35 bits per heavy atom. The summed E-state index contributed by atoms with van der Waals surface area (Å²) in [6.45, 7) is -0.0924. The Balaban J connectivity index is 1.41. The molecule has 1 heterocycles. The molecule has 0 fully saturated rings. The summed E-state index contributed by atoms with van der Waals surface area (Å²) in [7, 11) is -3.33. The summed E-state index contributed by atoms with van der Waals surface area (Å²) in [5, 5.41) is 8.24. The van der Waals surface area contributed by atoms with Crippen molar-refractivity contribution >= 4 is 49.9 Å². The van der Waals surface area contributed by atoms with Crippen molar-refractivity contribution in [2.24, 2.45) is 0 Å². The number of urea groups is 1. The molecule has 4 aromatic rings. The molecule has 0 saturated carbocycles. The summed E-state index contributed by atoms with van der Waals surface area (Å²) >= 11 is 0. The topological polar surface area (TPSA) is 122 Å². The molecule has 0 aliphatic carbocycles. The highest BCUT2D eigenvalue weighted by Gasteiger charge is 2.17. The van der Waals surface area contributed by atoms with Crippen LogP contribution in [-0.2, 0) is 26.9 Å². The SMILES string of the molecule is CS(=O)(=O)Cc1nc2ccccc2n1CC(=O)Nc1ccc(NC(=O)Nc2ccccc2)cc1. The minimum atomic E-state index is -3.33. The fourth-order valence-corrected chi connectivity index (χ4v) is 4.13. The van der Waals surface area contributed by atoms with Crippen molar-refractivity contribution in [3.8, 4) is 0 Å². The summed E-state index contributed by atoms with van der Waals surface area (Å²) in [6, 6.07) is 22.5. The van der Waals surface area contributed by atoms with Crippen LogP contribution in [0, 0.1) is 0 Å². The smallest absolute Gasteiger partial charge is 0.323 e. The molecule has 0 aliphatic rings. The number of rotatable bonds is 7. The molecule has 0 saturated heterocycles. The predicted octanol–water partition coefficient (Wildman–Crippen LogP) is 3.86. The lowest BCUT2D eigenvalue weighted by Crippen LogP contribution is -2.21. The Bertz CT molecular complexity index is 1430. The molecule has 0 spiro atoms. The van der Waals surface area contributed by atoms with Gasteiger partial charge in [-0.15, -0.1) is 0 Å². The number of carbonyl (C=O) groups is 2. The molecule has 34 heavy (non-hydrogen) atoms. The van der Waals surface area contributed by atoms with E-state index in [0.29, 0.717) is 33.9 Å². The molecule has 3 N–H and O–H groups in total. The van der Waals surface area contributed by atoms with Crippen molar-refractivity contribution in [3.63, 3.8) is 0 Å². The Labute approximate surface area is 196 Å². The van der Waals surface area contributed by atoms with Crippen LogP contribution in [0.1, 0.15) is 5.82 Å². The molecular formula is C24H23N5O4S. The van der Waals surface area contributed by atoms with E-state index in [1.165, 1.54) is 0 Å². The first-order valence-corrected chi connectivity index (χ1v) is 12.5. The molecule has 0 aliphatic heterocycles. The number of fused-ring (bicyclic) bond motifs is 1. The zero-order valence-electron chi connectivity index (χ0n) is 18.4. The lowest BCUT2D eigenvalue weighted by molar-refractivity contribution is -0.116. The lowest BCUT2D eigenvalue weighted by Gasteiger charge is -2.11. The number of hydrogen-bond acceptors (Lipinski definition) is 5. The van der Waals surface area contributed by atoms with Crippen LogP contribution in [0.2, 0.25) is 0 Å². The summed E-state index contributed by atoms with van der Waals surface area (Å²) in [5.41, 5.74) is 3.07. The minimum absolute atomic E-state index is 0.0924. The van der Waals surface area contributed by atoms with E-state index in [2.05, 4.69) is 20.9 Å². The van der Waals surface area contributed by atoms with Gasteiger partial charge in [0.25, 0.3) is 0 Å². The van der Waals surface area contributed by atoms with Gasteiger partial charge in [-0.25, -0.2) is 18.2 Å². The number of sulfone groups is 1. The van der Waals surface area contributed by atoms with Gasteiger partial charge in [0.2, 0.25) is 5.91 Å². The largest absolute Gasteiger partial charge is 0.325 e. The van der Waals surface area contributed by atoms with Crippen LogP contribution < -0.4 is 16.0 Å². The maximum absolute atomic E-state index is 12.7. The van der Waals surface area contributed by atoms with Gasteiger partial charge in [0.1, 0.15) is 18.1 Å². The maximum Gasteiger partial charge on any atom is 0.323 e. The molecule has 3 amide bonds. The van der Waals surface area contributed by atoms with Gasteiger partial charge in [-0.1, -0.05) is 30.3 Å². The number of imidazole rings is 1. The van der Waals surface area contributed by atoms with Crippen LogP contribution in [0.4, 0.5) is 21.9 Å². The number of amides is 3. The van der Waals surface area contributed by atoms with Crippen molar-refractivity contribution in [3.05, 3.63) is 84.7 Å². The lowest BCUT2D eigenvalue weighted by atomic mass is 10.2. The van der Waals surface area contributed by atoms with E-state index >= 15 is 0 Å². The molecule has 0 bridgehead atoms. The quantitative estimate of drug-likeness (QED) is 0.373. The highest BCUT2D eigenvalue weighted by molar-refractivity contribution is 7.89. The van der Waals surface area contributed by atoms with Crippen molar-refractivity contribution in [1.29, 1.82) is 0 Å². The Morgan fingerprint density at radius 1 is 0.794 bits per heavy atom. The van der Waals surface area contributed by atoms with Crippen LogP contribution >= 0.6 is 0 Å². The van der Waals surface area contributed by atoms with Gasteiger partial charge in [0.15, 0.2) is 9.84 Å². The average Bonchev–Trinajstić information content (AvgIpc) is 3.11. The second-order valence-corrected chi connectivity index (χ2v) is 9.88. The van der Waals surface area contributed by atoms with E-state index in [9.17, 15) is 18.0 Å². The van der Waals surface area contributed by atoms with E-state index < -0.39 is 9.84 Å². The van der Waals surface area contributed by atoms with E-state index in [0.717, 1.165) is 6.26 Å². The van der Waals surface area contributed by atoms with Gasteiger partial charge in [0.05, 0.1) is 11.0 Å². The number of anilines is 3. The maximum atomic E-state index is 12.7. The van der Waals surface area contributed by atoms with Crippen LogP contribution in [0.25, 0.3) is 11.0 Å². The van der Waals surface area contributed by atoms with Crippen molar-refractivity contribution in [1.82, 2.24) is 9.55 Å². The molecule has 0 atom stereocenters. The first-order chi connectivity index (χ1) is 16.3. The van der Waals surface area contributed by atoms with Crippen LogP contribution in [0.15, 0.2) is 78.9 Å². The van der Waals surface area contributed by atoms with E-state index in [1.807, 2.05) is 24.3 Å². The van der Waals surface area contributed by atoms with Crippen molar-refractivity contribution in [2.75, 3.05) is 22.2 Å². The zero-order valence-corrected chi connectivity index (χ0v) is 19.2. The standard InChI is InChI=1S/C24H23N5O4S/c1-34(32,33)16-22-28-20-9-5-6-10-21(20)29(22)15-23(30)25-18-11-13-19(14-12-18)27-24(31)26-17-7-3-2-4-8-17/h2-14H,15-16H2,1H3,(H,25,30)(H2,26,27,31). The van der Waals surface area contributed by atoms with Gasteiger partial charge >= 0.3 is 6.03 Å². The molecule has 9 nitrogen and oxygen atoms in total. The van der Waals surface area contributed by atoms with Gasteiger partial charge in [-0.05, 0) is 48.5 Å². The normalized spacial score (nSPS) is 11.2. The predicted molar refractivity (Wildman–Crippen MR) is 132 cm³/mol. The van der Waals surface area contributed by atoms with Crippen molar-refractivity contribution in [2.45, 2.75) is 12.3 Å². The van der Waals surface area contributed by atoms with E-state index in [4.69, 9.17) is 0 Å². The highest BCUT2D eigenvalue weighted by atomic mass is 32.2. The number of benzene rings is 3. The molecule has 10 heteroatoms. The Morgan fingerprint density at radius 3 is 2.00 bits per heavy atom. The Kier molecular flexibility index (Phi) is 6.60. The van der Waals surface area contributed by atoms with Gasteiger partial charge < -0.3 is 20.5 Å². The number of aromatic nitrogens is 2. The molecule has 3 aromatic carbocycles. The Hall–Kier alpha value is -4.18. The molecular weight excluding hydrogens is 454 g/mol. The second-order valence-electron chi connectivity index (χ2n) is 7.74. The fraction of sp³-hybridized carbons (Fsp3) is 0.125. The number of carbonyl (C=O) groups excluding carboxylic acids is 2. The minimum Gasteiger partial charge on any atom is -0.325 e. The molecule has 174 valence electrons. The number of nitrogens with zero attached hydrogens (tertiary/aromatic N) is 2. The van der Waals surface area contributed by atoms with Gasteiger partial charge in [-0.3, -0.25) is 4.79 Å². The summed E-state index contributed by atoms with van der Waals surface area (Å²) in [4.78, 5) is 29.2. The number of para-hydroxylation sites is 3. The summed E-state index contributed by atoms with van der Waals surface area (Å²) < 4.78 is 25.3. The van der Waals surface area contributed by atoms with Crippen LogP contribution in [0.5, 0.6) is 0 Å². The molecule has 0 radical (unpaired) electrons. The third-order valence-electron chi connectivity index (χ3n) is 4.88. The number of nitrogens with one attached hydrogen (secondary N) is 3. The van der Waals surface area contributed by atoms with Crippen LogP contribution in [0.3, 0.4) is 0 Å². The average molecular weight is 478 g/mol. The van der Waals surface area contributed by atoms with E-state index in [1.54, 1.807) is 59.2 Å². The molecule has 1 aromatic heterocycles. The zero-order chi connectivity index (χ0) is 24.1. The summed E-state index contributed by atoms with van der Waals surface area (Å²) in [6.07, 6.45) is 1.13.